The summed E-state index contributed by atoms with van der Waals surface area (Å²) in [5.74, 6) is 0.798. The fourth-order valence-corrected chi connectivity index (χ4v) is 3.62. The third-order valence-electron chi connectivity index (χ3n) is 5.00. The molecule has 2 amide bonds. The molecule has 1 aliphatic heterocycles. The van der Waals surface area contributed by atoms with E-state index in [4.69, 9.17) is 10.5 Å². The summed E-state index contributed by atoms with van der Waals surface area (Å²) in [6.07, 6.45) is 1.34. The van der Waals surface area contributed by atoms with Crippen molar-refractivity contribution in [2.45, 2.75) is 25.3 Å². The Kier molecular flexibility index (Phi) is 4.02. The first-order valence-corrected chi connectivity index (χ1v) is 7.97. The predicted octanol–water partition coefficient (Wildman–Crippen LogP) is 0.486. The van der Waals surface area contributed by atoms with E-state index in [0.29, 0.717) is 32.6 Å². The molecule has 1 unspecified atom stereocenters. The van der Waals surface area contributed by atoms with Gasteiger partial charge < -0.3 is 20.3 Å². The molecule has 1 aliphatic carbocycles. The van der Waals surface area contributed by atoms with Crippen LogP contribution in [0.25, 0.3) is 0 Å². The van der Waals surface area contributed by atoms with Gasteiger partial charge in [0, 0.05) is 33.1 Å². The second-order valence-corrected chi connectivity index (χ2v) is 6.26. The maximum Gasteiger partial charge on any atom is 0.247 e. The van der Waals surface area contributed by atoms with E-state index in [-0.39, 0.29) is 11.8 Å². The lowest BCUT2D eigenvalue weighted by molar-refractivity contribution is -0.142. The molecular weight excluding hydrogens is 294 g/mol. The standard InChI is InChI=1S/C17H23N3O3/c1-12(21)19-8-10-20(11-9-19)16(22)17(18)7-6-13-14(17)4-3-5-15(13)23-2/h3-5H,6-11,18H2,1-2H3. The van der Waals surface area contributed by atoms with Crippen LogP contribution in [0.2, 0.25) is 0 Å². The summed E-state index contributed by atoms with van der Waals surface area (Å²) >= 11 is 0. The summed E-state index contributed by atoms with van der Waals surface area (Å²) in [6.45, 7) is 3.78. The van der Waals surface area contributed by atoms with E-state index in [0.717, 1.165) is 23.3 Å². The maximum absolute atomic E-state index is 13.0. The van der Waals surface area contributed by atoms with Crippen LogP contribution in [0, 0.1) is 0 Å². The number of hydrogen-bond acceptors (Lipinski definition) is 4. The first kappa shape index (κ1) is 15.8. The second kappa shape index (κ2) is 5.85. The van der Waals surface area contributed by atoms with Gasteiger partial charge in [-0.2, -0.15) is 0 Å². The van der Waals surface area contributed by atoms with Crippen molar-refractivity contribution >= 4 is 11.8 Å². The summed E-state index contributed by atoms with van der Waals surface area (Å²) in [4.78, 5) is 28.0. The van der Waals surface area contributed by atoms with Gasteiger partial charge in [-0.25, -0.2) is 0 Å². The zero-order valence-electron chi connectivity index (χ0n) is 13.7. The van der Waals surface area contributed by atoms with Crippen molar-refractivity contribution in [2.24, 2.45) is 5.73 Å². The highest BCUT2D eigenvalue weighted by molar-refractivity contribution is 5.89. The van der Waals surface area contributed by atoms with Crippen LogP contribution in [-0.2, 0) is 21.5 Å². The molecule has 1 heterocycles. The number of nitrogens with two attached hydrogens (primary N) is 1. The molecule has 0 bridgehead atoms. The van der Waals surface area contributed by atoms with Crippen molar-refractivity contribution in [2.75, 3.05) is 33.3 Å². The lowest BCUT2D eigenvalue weighted by atomic mass is 9.91. The minimum Gasteiger partial charge on any atom is -0.496 e. The molecule has 0 saturated carbocycles. The van der Waals surface area contributed by atoms with Crippen molar-refractivity contribution in [1.82, 2.24) is 9.80 Å². The van der Waals surface area contributed by atoms with Crippen LogP contribution in [0.4, 0.5) is 0 Å². The van der Waals surface area contributed by atoms with Gasteiger partial charge >= 0.3 is 0 Å². The minimum atomic E-state index is -0.984. The van der Waals surface area contributed by atoms with E-state index in [1.165, 1.54) is 0 Å². The van der Waals surface area contributed by atoms with Crippen LogP contribution in [0.1, 0.15) is 24.5 Å². The minimum absolute atomic E-state index is 0.0484. The van der Waals surface area contributed by atoms with Gasteiger partial charge in [0.2, 0.25) is 11.8 Å². The highest BCUT2D eigenvalue weighted by atomic mass is 16.5. The van der Waals surface area contributed by atoms with E-state index in [2.05, 4.69) is 0 Å². The molecular formula is C17H23N3O3. The number of hydrogen-bond donors (Lipinski definition) is 1. The molecule has 1 atom stereocenters. The Bertz CT molecular complexity index is 638. The molecule has 2 N–H and O–H groups in total. The summed E-state index contributed by atoms with van der Waals surface area (Å²) in [5, 5.41) is 0. The van der Waals surface area contributed by atoms with Gasteiger partial charge in [0.1, 0.15) is 11.3 Å². The monoisotopic (exact) mass is 317 g/mol. The molecule has 1 aromatic rings. The van der Waals surface area contributed by atoms with Crippen molar-refractivity contribution in [3.05, 3.63) is 29.3 Å². The van der Waals surface area contributed by atoms with E-state index < -0.39 is 5.54 Å². The number of benzene rings is 1. The molecule has 2 aliphatic rings. The average molecular weight is 317 g/mol. The summed E-state index contributed by atoms with van der Waals surface area (Å²) in [6, 6.07) is 5.71. The van der Waals surface area contributed by atoms with Crippen LogP contribution in [-0.4, -0.2) is 54.9 Å². The van der Waals surface area contributed by atoms with Gasteiger partial charge in [-0.05, 0) is 30.0 Å². The third kappa shape index (κ3) is 2.57. The predicted molar refractivity (Wildman–Crippen MR) is 86.0 cm³/mol. The number of carbonyl (C=O) groups is 2. The largest absolute Gasteiger partial charge is 0.496 e. The lowest BCUT2D eigenvalue weighted by Crippen LogP contribution is -2.57. The summed E-state index contributed by atoms with van der Waals surface area (Å²) in [7, 11) is 1.63. The lowest BCUT2D eigenvalue weighted by Gasteiger charge is -2.38. The molecule has 0 radical (unpaired) electrons. The fourth-order valence-electron chi connectivity index (χ4n) is 3.62. The molecule has 6 heteroatoms. The van der Waals surface area contributed by atoms with Crippen molar-refractivity contribution < 1.29 is 14.3 Å². The van der Waals surface area contributed by atoms with Crippen LogP contribution < -0.4 is 10.5 Å². The molecule has 1 saturated heterocycles. The molecule has 0 spiro atoms. The summed E-state index contributed by atoms with van der Waals surface area (Å²) < 4.78 is 5.39. The smallest absolute Gasteiger partial charge is 0.247 e. The van der Waals surface area contributed by atoms with Crippen LogP contribution in [0.3, 0.4) is 0 Å². The molecule has 124 valence electrons. The first-order chi connectivity index (χ1) is 11.0. The quantitative estimate of drug-likeness (QED) is 0.861. The van der Waals surface area contributed by atoms with Crippen LogP contribution in [0.5, 0.6) is 5.75 Å². The topological polar surface area (TPSA) is 75.9 Å². The van der Waals surface area contributed by atoms with Gasteiger partial charge in [0.15, 0.2) is 0 Å². The zero-order chi connectivity index (χ0) is 16.6. The van der Waals surface area contributed by atoms with E-state index in [9.17, 15) is 9.59 Å². The maximum atomic E-state index is 13.0. The van der Waals surface area contributed by atoms with Crippen molar-refractivity contribution in [1.29, 1.82) is 0 Å². The van der Waals surface area contributed by atoms with Crippen molar-refractivity contribution in [3.63, 3.8) is 0 Å². The Labute approximate surface area is 136 Å². The number of rotatable bonds is 2. The van der Waals surface area contributed by atoms with E-state index in [1.54, 1.807) is 23.8 Å². The second-order valence-electron chi connectivity index (χ2n) is 6.26. The number of amides is 2. The number of fused-ring (bicyclic) bond motifs is 1. The van der Waals surface area contributed by atoms with Gasteiger partial charge in [-0.1, -0.05) is 12.1 Å². The van der Waals surface area contributed by atoms with Gasteiger partial charge in [0.05, 0.1) is 7.11 Å². The van der Waals surface area contributed by atoms with Crippen LogP contribution in [0.15, 0.2) is 18.2 Å². The highest BCUT2D eigenvalue weighted by Crippen LogP contribution is 2.40. The Morgan fingerprint density at radius 1 is 1.17 bits per heavy atom. The molecule has 3 rings (SSSR count). The first-order valence-electron chi connectivity index (χ1n) is 7.97. The van der Waals surface area contributed by atoms with E-state index in [1.807, 2.05) is 18.2 Å². The Balaban J connectivity index is 1.81. The summed E-state index contributed by atoms with van der Waals surface area (Å²) in [5.41, 5.74) is 7.46. The fraction of sp³-hybridized carbons (Fsp3) is 0.529. The average Bonchev–Trinajstić information content (AvgIpc) is 2.93. The highest BCUT2D eigenvalue weighted by Gasteiger charge is 2.45. The Hall–Kier alpha value is -2.08. The molecule has 1 aromatic carbocycles. The van der Waals surface area contributed by atoms with Gasteiger partial charge in [-0.15, -0.1) is 0 Å². The zero-order valence-corrected chi connectivity index (χ0v) is 13.7. The number of nitrogens with zero attached hydrogens (tertiary/aromatic N) is 2. The SMILES string of the molecule is COc1cccc2c1CCC2(N)C(=O)N1CCN(C(C)=O)CC1. The number of piperazine rings is 1. The van der Waals surface area contributed by atoms with Gasteiger partial charge in [-0.3, -0.25) is 9.59 Å². The van der Waals surface area contributed by atoms with Gasteiger partial charge in [0.25, 0.3) is 0 Å². The van der Waals surface area contributed by atoms with Crippen LogP contribution >= 0.6 is 0 Å². The normalized spacial score (nSPS) is 23.6. The number of methoxy groups -OCH3 is 1. The Morgan fingerprint density at radius 2 is 1.83 bits per heavy atom. The van der Waals surface area contributed by atoms with Crippen molar-refractivity contribution in [3.8, 4) is 5.75 Å². The molecule has 1 fully saturated rings. The van der Waals surface area contributed by atoms with E-state index >= 15 is 0 Å². The Morgan fingerprint density at radius 3 is 2.43 bits per heavy atom. The third-order valence-corrected chi connectivity index (χ3v) is 5.00. The molecule has 0 aromatic heterocycles. The molecule has 23 heavy (non-hydrogen) atoms. The molecule has 6 nitrogen and oxygen atoms in total. The number of ether oxygens (including phenoxy) is 1. The number of carbonyl (C=O) groups excluding carboxylic acids is 2.